The molecule has 120 valence electrons. The molecule has 0 radical (unpaired) electrons. The van der Waals surface area contributed by atoms with Crippen molar-refractivity contribution in [3.63, 3.8) is 0 Å². The fourth-order valence-corrected chi connectivity index (χ4v) is 4.44. The summed E-state index contributed by atoms with van der Waals surface area (Å²) in [5.74, 6) is 1.19. The third-order valence-corrected chi connectivity index (χ3v) is 5.72. The second-order valence-electron chi connectivity index (χ2n) is 6.27. The number of benzene rings is 1. The van der Waals surface area contributed by atoms with Gasteiger partial charge in [0.15, 0.2) is 17.3 Å². The monoisotopic (exact) mass is 377 g/mol. The van der Waals surface area contributed by atoms with Crippen molar-refractivity contribution in [2.45, 2.75) is 24.4 Å². The van der Waals surface area contributed by atoms with Gasteiger partial charge in [0.1, 0.15) is 6.10 Å². The molecule has 1 aliphatic carbocycles. The van der Waals surface area contributed by atoms with E-state index in [0.717, 1.165) is 12.0 Å². The highest BCUT2D eigenvalue weighted by molar-refractivity contribution is 9.10. The summed E-state index contributed by atoms with van der Waals surface area (Å²) >= 11 is 3.52. The Kier molecular flexibility index (Phi) is 3.10. The normalized spacial score (nSPS) is 28.1. The molecule has 1 aromatic rings. The number of ketones is 1. The number of methoxy groups -OCH3 is 1. The zero-order valence-electron chi connectivity index (χ0n) is 12.9. The highest BCUT2D eigenvalue weighted by Crippen LogP contribution is 2.56. The Bertz CT molecular complexity index is 772. The van der Waals surface area contributed by atoms with Gasteiger partial charge in [0, 0.05) is 30.0 Å². The molecule has 2 atom stereocenters. The molecule has 2 aliphatic heterocycles. The van der Waals surface area contributed by atoms with Crippen LogP contribution in [0.15, 0.2) is 22.7 Å². The molecule has 0 fully saturated rings. The Hall–Kier alpha value is -1.82. The predicted molar refractivity (Wildman–Crippen MR) is 87.1 cm³/mol. The minimum atomic E-state index is -0.448. The van der Waals surface area contributed by atoms with E-state index in [4.69, 9.17) is 9.47 Å². The number of hydrogen-bond donors (Lipinski definition) is 0. The first-order valence-electron chi connectivity index (χ1n) is 7.53. The Morgan fingerprint density at radius 1 is 1.43 bits per heavy atom. The Morgan fingerprint density at radius 3 is 2.96 bits per heavy atom. The number of carbonyl (C=O) groups excluding carboxylic acids is 2. The molecule has 0 aromatic heterocycles. The van der Waals surface area contributed by atoms with Gasteiger partial charge in [0.05, 0.1) is 18.1 Å². The maximum absolute atomic E-state index is 12.8. The number of allylic oxidation sites excluding steroid dienone is 1. The summed E-state index contributed by atoms with van der Waals surface area (Å²) in [4.78, 5) is 26.4. The van der Waals surface area contributed by atoms with Gasteiger partial charge in [-0.1, -0.05) is 6.08 Å². The second-order valence-corrected chi connectivity index (χ2v) is 7.12. The molecular formula is C17H16BrNO4. The van der Waals surface area contributed by atoms with Gasteiger partial charge in [0.25, 0.3) is 5.91 Å². The van der Waals surface area contributed by atoms with E-state index in [-0.39, 0.29) is 17.8 Å². The molecule has 2 heterocycles. The molecule has 3 aliphatic rings. The lowest BCUT2D eigenvalue weighted by molar-refractivity contribution is -0.117. The molecular weight excluding hydrogens is 362 g/mol. The average molecular weight is 378 g/mol. The number of nitrogens with zero attached hydrogens (tertiary/aromatic N) is 1. The van der Waals surface area contributed by atoms with Crippen LogP contribution < -0.4 is 9.47 Å². The molecule has 2 unspecified atom stereocenters. The topological polar surface area (TPSA) is 55.8 Å². The number of rotatable bonds is 1. The van der Waals surface area contributed by atoms with E-state index in [0.29, 0.717) is 34.5 Å². The zero-order chi connectivity index (χ0) is 16.4. The molecule has 0 N–H and O–H groups in total. The van der Waals surface area contributed by atoms with Gasteiger partial charge in [-0.2, -0.15) is 0 Å². The number of halogens is 1. The summed E-state index contributed by atoms with van der Waals surface area (Å²) in [5.41, 5.74) is 1.02. The lowest BCUT2D eigenvalue weighted by Crippen LogP contribution is -2.41. The largest absolute Gasteiger partial charge is 0.493 e. The average Bonchev–Trinajstić information content (AvgIpc) is 2.80. The third kappa shape index (κ3) is 1.84. The standard InChI is InChI=1S/C17H16BrNO4/c1-19-6-5-17-4-3-9(20)7-12(17)23-15-11(22-2)8-10(18)13(14(15)17)16(19)21/h3-4,8,12H,5-7H2,1-2H3. The molecule has 4 rings (SSSR count). The molecule has 0 saturated heterocycles. The molecule has 0 saturated carbocycles. The van der Waals surface area contributed by atoms with Gasteiger partial charge < -0.3 is 14.4 Å². The quantitative estimate of drug-likeness (QED) is 0.754. The molecule has 23 heavy (non-hydrogen) atoms. The smallest absolute Gasteiger partial charge is 0.255 e. The number of ether oxygens (including phenoxy) is 2. The van der Waals surface area contributed by atoms with Crippen LogP contribution in [0.2, 0.25) is 0 Å². The minimum absolute atomic E-state index is 0.0396. The number of amides is 1. The summed E-state index contributed by atoms with van der Waals surface area (Å²) in [6.45, 7) is 0.611. The predicted octanol–water partition coefficient (Wildman–Crippen LogP) is 2.46. The Balaban J connectivity index is 2.07. The van der Waals surface area contributed by atoms with E-state index in [2.05, 4.69) is 15.9 Å². The minimum Gasteiger partial charge on any atom is -0.493 e. The molecule has 1 amide bonds. The highest BCUT2D eigenvalue weighted by Gasteiger charge is 2.54. The van der Waals surface area contributed by atoms with Crippen LogP contribution in [0.1, 0.15) is 28.8 Å². The van der Waals surface area contributed by atoms with Gasteiger partial charge >= 0.3 is 0 Å². The van der Waals surface area contributed by atoms with Crippen molar-refractivity contribution < 1.29 is 19.1 Å². The molecule has 6 heteroatoms. The maximum atomic E-state index is 12.8. The second kappa shape index (κ2) is 4.84. The van der Waals surface area contributed by atoms with Crippen LogP contribution >= 0.6 is 15.9 Å². The van der Waals surface area contributed by atoms with Crippen LogP contribution in [-0.4, -0.2) is 43.4 Å². The van der Waals surface area contributed by atoms with Crippen molar-refractivity contribution in [1.82, 2.24) is 4.90 Å². The lowest BCUT2D eigenvalue weighted by atomic mass is 9.69. The first-order chi connectivity index (χ1) is 11.0. The molecule has 5 nitrogen and oxygen atoms in total. The van der Waals surface area contributed by atoms with Gasteiger partial charge in [-0.25, -0.2) is 0 Å². The first-order valence-corrected chi connectivity index (χ1v) is 8.32. The van der Waals surface area contributed by atoms with Crippen molar-refractivity contribution in [2.75, 3.05) is 20.7 Å². The van der Waals surface area contributed by atoms with Crippen LogP contribution in [0.5, 0.6) is 11.5 Å². The maximum Gasteiger partial charge on any atom is 0.255 e. The van der Waals surface area contributed by atoms with E-state index in [1.807, 2.05) is 6.08 Å². The van der Waals surface area contributed by atoms with Crippen molar-refractivity contribution in [3.8, 4) is 11.5 Å². The highest BCUT2D eigenvalue weighted by atomic mass is 79.9. The van der Waals surface area contributed by atoms with Crippen LogP contribution in [0, 0.1) is 0 Å². The fourth-order valence-electron chi connectivity index (χ4n) is 3.86. The van der Waals surface area contributed by atoms with Crippen LogP contribution in [0.25, 0.3) is 0 Å². The number of hydrogen-bond acceptors (Lipinski definition) is 4. The zero-order valence-corrected chi connectivity index (χ0v) is 14.5. The van der Waals surface area contributed by atoms with Gasteiger partial charge in [-0.05, 0) is 34.5 Å². The molecule has 0 bridgehead atoms. The van der Waals surface area contributed by atoms with Crippen LogP contribution in [0.4, 0.5) is 0 Å². The summed E-state index contributed by atoms with van der Waals surface area (Å²) in [7, 11) is 3.38. The van der Waals surface area contributed by atoms with Crippen LogP contribution in [-0.2, 0) is 10.2 Å². The fraction of sp³-hybridized carbons (Fsp3) is 0.412. The van der Waals surface area contributed by atoms with Crippen molar-refractivity contribution >= 4 is 27.6 Å². The van der Waals surface area contributed by atoms with Crippen molar-refractivity contribution in [1.29, 1.82) is 0 Å². The first kappa shape index (κ1) is 14.8. The van der Waals surface area contributed by atoms with E-state index in [9.17, 15) is 9.59 Å². The Morgan fingerprint density at radius 2 is 2.22 bits per heavy atom. The third-order valence-electron chi connectivity index (χ3n) is 5.09. The van der Waals surface area contributed by atoms with Crippen LogP contribution in [0.3, 0.4) is 0 Å². The van der Waals surface area contributed by atoms with E-state index < -0.39 is 5.41 Å². The van der Waals surface area contributed by atoms with Gasteiger partial charge in [0.2, 0.25) is 0 Å². The van der Waals surface area contributed by atoms with Crippen molar-refractivity contribution in [2.24, 2.45) is 0 Å². The van der Waals surface area contributed by atoms with Gasteiger partial charge in [-0.15, -0.1) is 0 Å². The summed E-state index contributed by atoms with van der Waals surface area (Å²) in [5, 5.41) is 0. The Labute approximate surface area is 142 Å². The SMILES string of the molecule is COc1cc(Br)c2c3c1OC1CC(=O)C=CC31CCN(C)C2=O. The molecule has 1 aromatic carbocycles. The van der Waals surface area contributed by atoms with Crippen molar-refractivity contribution in [3.05, 3.63) is 33.8 Å². The lowest BCUT2D eigenvalue weighted by Gasteiger charge is -2.33. The number of carbonyl (C=O) groups is 2. The molecule has 1 spiro atoms. The summed E-state index contributed by atoms with van der Waals surface area (Å²) in [6, 6.07) is 1.77. The van der Waals surface area contributed by atoms with Gasteiger partial charge in [-0.3, -0.25) is 9.59 Å². The van der Waals surface area contributed by atoms with E-state index in [1.54, 1.807) is 31.2 Å². The van der Waals surface area contributed by atoms with E-state index in [1.165, 1.54) is 0 Å². The summed E-state index contributed by atoms with van der Waals surface area (Å²) < 4.78 is 12.3. The summed E-state index contributed by atoms with van der Waals surface area (Å²) in [6.07, 6.45) is 4.32. The van der Waals surface area contributed by atoms with E-state index >= 15 is 0 Å².